The molecule has 0 saturated carbocycles. The summed E-state index contributed by atoms with van der Waals surface area (Å²) < 4.78 is 54.0. The summed E-state index contributed by atoms with van der Waals surface area (Å²) in [6.45, 7) is 2.98. The summed E-state index contributed by atoms with van der Waals surface area (Å²) in [5.74, 6) is 0.138. The van der Waals surface area contributed by atoms with Crippen LogP contribution in [0.5, 0.6) is 0 Å². The minimum absolute atomic E-state index is 0.138. The van der Waals surface area contributed by atoms with Crippen molar-refractivity contribution in [1.82, 2.24) is 4.31 Å². The van der Waals surface area contributed by atoms with Gasteiger partial charge in [0.1, 0.15) is 0 Å². The number of sulfonamides is 2. The highest BCUT2D eigenvalue weighted by Crippen LogP contribution is 2.30. The number of hydrogen-bond donors (Lipinski definition) is 0. The molecule has 0 aliphatic carbocycles. The first-order chi connectivity index (χ1) is 13.3. The molecule has 0 radical (unpaired) electrons. The van der Waals surface area contributed by atoms with Crippen LogP contribution in [0, 0.1) is 6.92 Å². The molecule has 28 heavy (non-hydrogen) atoms. The quantitative estimate of drug-likeness (QED) is 0.765. The van der Waals surface area contributed by atoms with Crippen molar-refractivity contribution in [3.63, 3.8) is 0 Å². The maximum atomic E-state index is 13.2. The molecule has 8 heteroatoms. The van der Waals surface area contributed by atoms with Crippen LogP contribution in [0.25, 0.3) is 0 Å². The molecular weight excluding hydrogens is 396 g/mol. The third kappa shape index (κ3) is 3.44. The van der Waals surface area contributed by atoms with E-state index in [9.17, 15) is 16.8 Å². The molecule has 2 aromatic carbocycles. The van der Waals surface area contributed by atoms with Gasteiger partial charge in [0.15, 0.2) is 0 Å². The van der Waals surface area contributed by atoms with Gasteiger partial charge >= 0.3 is 0 Å². The number of hydrogen-bond acceptors (Lipinski definition) is 4. The first kappa shape index (κ1) is 19.4. The van der Waals surface area contributed by atoms with Gasteiger partial charge in [0.25, 0.3) is 0 Å². The Morgan fingerprint density at radius 2 is 1.71 bits per heavy atom. The van der Waals surface area contributed by atoms with E-state index in [0.29, 0.717) is 43.7 Å². The topological polar surface area (TPSA) is 74.8 Å². The fourth-order valence-electron chi connectivity index (χ4n) is 3.97. The van der Waals surface area contributed by atoms with Crippen molar-refractivity contribution in [1.29, 1.82) is 0 Å². The Labute approximate surface area is 166 Å². The number of benzene rings is 2. The van der Waals surface area contributed by atoms with Crippen molar-refractivity contribution in [3.05, 3.63) is 59.2 Å². The molecule has 0 spiro atoms. The lowest BCUT2D eigenvalue weighted by Crippen LogP contribution is -2.38. The van der Waals surface area contributed by atoms with E-state index >= 15 is 0 Å². The summed E-state index contributed by atoms with van der Waals surface area (Å²) in [4.78, 5) is 0.241. The van der Waals surface area contributed by atoms with Crippen LogP contribution in [0.2, 0.25) is 0 Å². The molecule has 6 nitrogen and oxygen atoms in total. The lowest BCUT2D eigenvalue weighted by Gasteiger charge is -2.30. The van der Waals surface area contributed by atoms with Gasteiger partial charge in [0.05, 0.1) is 16.3 Å². The van der Waals surface area contributed by atoms with Gasteiger partial charge in [-0.25, -0.2) is 16.8 Å². The van der Waals surface area contributed by atoms with Crippen molar-refractivity contribution in [3.8, 4) is 0 Å². The zero-order valence-electron chi connectivity index (χ0n) is 15.8. The predicted molar refractivity (Wildman–Crippen MR) is 109 cm³/mol. The predicted octanol–water partition coefficient (Wildman–Crippen LogP) is 2.67. The largest absolute Gasteiger partial charge is 0.270 e. The van der Waals surface area contributed by atoms with Crippen molar-refractivity contribution in [2.45, 2.75) is 37.6 Å². The van der Waals surface area contributed by atoms with Crippen molar-refractivity contribution in [2.75, 3.05) is 23.1 Å². The summed E-state index contributed by atoms with van der Waals surface area (Å²) in [5.41, 5.74) is 3.33. The highest BCUT2D eigenvalue weighted by Gasteiger charge is 2.31. The van der Waals surface area contributed by atoms with E-state index in [1.807, 2.05) is 24.3 Å². The molecule has 150 valence electrons. The molecule has 2 heterocycles. The van der Waals surface area contributed by atoms with Crippen molar-refractivity contribution >= 4 is 25.7 Å². The van der Waals surface area contributed by atoms with Crippen LogP contribution in [0.1, 0.15) is 29.5 Å². The minimum Gasteiger partial charge on any atom is -0.270 e. The normalized spacial score (nSPS) is 20.0. The lowest BCUT2D eigenvalue weighted by molar-refractivity contribution is 0.391. The maximum absolute atomic E-state index is 13.2. The Morgan fingerprint density at radius 3 is 2.43 bits per heavy atom. The Balaban J connectivity index is 1.64. The summed E-state index contributed by atoms with van der Waals surface area (Å²) in [7, 11) is -6.97. The van der Waals surface area contributed by atoms with E-state index < -0.39 is 20.0 Å². The SMILES string of the molecule is Cc1cc(N2CCCCS2(=O)=O)ccc1S(=O)(=O)N1CCc2ccccc2C1. The Morgan fingerprint density at radius 1 is 0.964 bits per heavy atom. The molecule has 1 saturated heterocycles. The number of aryl methyl sites for hydroxylation is 1. The summed E-state index contributed by atoms with van der Waals surface area (Å²) >= 11 is 0. The van der Waals surface area contributed by atoms with Gasteiger partial charge in [-0.05, 0) is 61.1 Å². The second-order valence-electron chi connectivity index (χ2n) is 7.40. The van der Waals surface area contributed by atoms with Crippen LogP contribution in [0.15, 0.2) is 47.4 Å². The van der Waals surface area contributed by atoms with Gasteiger partial charge in [0.2, 0.25) is 20.0 Å². The second-order valence-corrected chi connectivity index (χ2v) is 11.3. The molecule has 0 atom stereocenters. The Hall–Kier alpha value is -1.90. The molecule has 2 aliphatic rings. The monoisotopic (exact) mass is 420 g/mol. The zero-order chi connectivity index (χ0) is 19.9. The van der Waals surface area contributed by atoms with Crippen LogP contribution in [-0.4, -0.2) is 40.0 Å². The van der Waals surface area contributed by atoms with E-state index in [2.05, 4.69) is 0 Å². The highest BCUT2D eigenvalue weighted by atomic mass is 32.2. The van der Waals surface area contributed by atoms with Gasteiger partial charge in [-0.2, -0.15) is 4.31 Å². The first-order valence-corrected chi connectivity index (χ1v) is 12.5. The molecule has 1 fully saturated rings. The van der Waals surface area contributed by atoms with Crippen LogP contribution >= 0.6 is 0 Å². The Kier molecular flexibility index (Phi) is 4.97. The average Bonchev–Trinajstić information content (AvgIpc) is 2.67. The third-order valence-electron chi connectivity index (χ3n) is 5.51. The minimum atomic E-state index is -3.65. The molecule has 2 aromatic rings. The summed E-state index contributed by atoms with van der Waals surface area (Å²) in [6.07, 6.45) is 2.17. The van der Waals surface area contributed by atoms with Crippen molar-refractivity contribution in [2.24, 2.45) is 0 Å². The van der Waals surface area contributed by atoms with E-state index in [1.165, 1.54) is 14.2 Å². The lowest BCUT2D eigenvalue weighted by atomic mass is 10.0. The number of fused-ring (bicyclic) bond motifs is 1. The molecule has 0 unspecified atom stereocenters. The van der Waals surface area contributed by atoms with Crippen LogP contribution in [0.4, 0.5) is 5.69 Å². The van der Waals surface area contributed by atoms with E-state index in [-0.39, 0.29) is 10.6 Å². The fraction of sp³-hybridized carbons (Fsp3) is 0.400. The van der Waals surface area contributed by atoms with E-state index in [1.54, 1.807) is 25.1 Å². The molecule has 0 bridgehead atoms. The standard InChI is InChI=1S/C20H24N2O4S2/c1-16-14-19(22-11-4-5-13-27(22,23)24)8-9-20(16)28(25,26)21-12-10-17-6-2-3-7-18(17)15-21/h2-3,6-9,14H,4-5,10-13,15H2,1H3. The maximum Gasteiger partial charge on any atom is 0.243 e. The Bertz CT molecular complexity index is 1110. The van der Waals surface area contributed by atoms with Gasteiger partial charge in [-0.3, -0.25) is 4.31 Å². The molecule has 2 aliphatic heterocycles. The van der Waals surface area contributed by atoms with Crippen LogP contribution in [0.3, 0.4) is 0 Å². The van der Waals surface area contributed by atoms with Gasteiger partial charge in [-0.15, -0.1) is 0 Å². The molecule has 4 rings (SSSR count). The zero-order valence-corrected chi connectivity index (χ0v) is 17.5. The van der Waals surface area contributed by atoms with Crippen LogP contribution in [-0.2, 0) is 33.0 Å². The van der Waals surface area contributed by atoms with E-state index in [0.717, 1.165) is 12.0 Å². The van der Waals surface area contributed by atoms with Gasteiger partial charge in [0, 0.05) is 19.6 Å². The smallest absolute Gasteiger partial charge is 0.243 e. The average molecular weight is 421 g/mol. The fourth-order valence-corrected chi connectivity index (χ4v) is 7.23. The first-order valence-electron chi connectivity index (χ1n) is 9.47. The number of nitrogens with zero attached hydrogens (tertiary/aromatic N) is 2. The van der Waals surface area contributed by atoms with E-state index in [4.69, 9.17) is 0 Å². The van der Waals surface area contributed by atoms with Crippen LogP contribution < -0.4 is 4.31 Å². The second kappa shape index (κ2) is 7.17. The summed E-state index contributed by atoms with van der Waals surface area (Å²) in [6, 6.07) is 12.7. The highest BCUT2D eigenvalue weighted by molar-refractivity contribution is 7.92. The molecular formula is C20H24N2O4S2. The van der Waals surface area contributed by atoms with Crippen molar-refractivity contribution < 1.29 is 16.8 Å². The summed E-state index contributed by atoms with van der Waals surface area (Å²) in [5, 5.41) is 0. The third-order valence-corrected chi connectivity index (χ3v) is 9.38. The van der Waals surface area contributed by atoms with Gasteiger partial charge in [-0.1, -0.05) is 24.3 Å². The number of anilines is 1. The number of rotatable bonds is 3. The molecule has 0 amide bonds. The molecule has 0 N–H and O–H groups in total. The molecule has 0 aromatic heterocycles. The van der Waals surface area contributed by atoms with Gasteiger partial charge < -0.3 is 0 Å².